The number of benzene rings is 2. The molecule has 2 aliphatic rings. The molecule has 0 radical (unpaired) electrons. The molecule has 0 spiro atoms. The van der Waals surface area contributed by atoms with Crippen LogP contribution in [0.5, 0.6) is 0 Å². The van der Waals surface area contributed by atoms with E-state index in [2.05, 4.69) is 10.5 Å². The van der Waals surface area contributed by atoms with Crippen LogP contribution in [0.25, 0.3) is 0 Å². The third kappa shape index (κ3) is 4.63. The van der Waals surface area contributed by atoms with Gasteiger partial charge in [-0.25, -0.2) is 4.39 Å². The Hall–Kier alpha value is -2.84. The van der Waals surface area contributed by atoms with E-state index in [1.807, 2.05) is 0 Å². The number of carbonyl (C=O) groups is 1. The molecule has 1 heterocycles. The molecule has 4 rings (SSSR count). The second-order valence-corrected chi connectivity index (χ2v) is 8.62. The van der Waals surface area contributed by atoms with E-state index in [1.54, 1.807) is 0 Å². The summed E-state index contributed by atoms with van der Waals surface area (Å²) in [5.74, 6) is -1.39. The van der Waals surface area contributed by atoms with Gasteiger partial charge in [-0.05, 0) is 30.3 Å². The van der Waals surface area contributed by atoms with Gasteiger partial charge in [0.05, 0.1) is 16.7 Å². The van der Waals surface area contributed by atoms with Crippen LogP contribution in [0.3, 0.4) is 0 Å². The maximum Gasteiger partial charge on any atom is 0.435 e. The summed E-state index contributed by atoms with van der Waals surface area (Å²) >= 11 is 12.0. The summed E-state index contributed by atoms with van der Waals surface area (Å²) in [4.78, 5) is 17.4. The average molecular weight is 499 g/mol. The molecular formula is C23H16Cl2F4N2O2. The van der Waals surface area contributed by atoms with Crippen LogP contribution in [0.15, 0.2) is 76.4 Å². The van der Waals surface area contributed by atoms with Gasteiger partial charge >= 0.3 is 6.18 Å². The van der Waals surface area contributed by atoms with E-state index in [4.69, 9.17) is 28.0 Å². The third-order valence-electron chi connectivity index (χ3n) is 5.29. The van der Waals surface area contributed by atoms with E-state index in [0.717, 1.165) is 6.07 Å². The molecule has 10 heteroatoms. The molecule has 33 heavy (non-hydrogen) atoms. The summed E-state index contributed by atoms with van der Waals surface area (Å²) in [6.07, 6.45) is -2.72. The summed E-state index contributed by atoms with van der Waals surface area (Å²) in [5.41, 5.74) is -2.52. The van der Waals surface area contributed by atoms with Crippen molar-refractivity contribution >= 4 is 40.5 Å². The van der Waals surface area contributed by atoms with E-state index < -0.39 is 35.3 Å². The van der Waals surface area contributed by atoms with Crippen molar-refractivity contribution in [1.82, 2.24) is 0 Å². The van der Waals surface area contributed by atoms with Gasteiger partial charge in [-0.3, -0.25) is 4.79 Å². The van der Waals surface area contributed by atoms with Crippen molar-refractivity contribution in [2.75, 3.05) is 5.32 Å². The fraction of sp³-hybridized carbons (Fsp3) is 0.217. The molecule has 1 N–H and O–H groups in total. The molecular weight excluding hydrogens is 483 g/mol. The third-order valence-corrected chi connectivity index (χ3v) is 5.83. The minimum Gasteiger partial charge on any atom is -0.374 e. The number of allylic oxidation sites excluding steroid dienone is 2. The van der Waals surface area contributed by atoms with Crippen molar-refractivity contribution < 1.29 is 27.2 Å². The van der Waals surface area contributed by atoms with Crippen molar-refractivity contribution in [3.63, 3.8) is 0 Å². The molecule has 172 valence electrons. The Labute approximate surface area is 196 Å². The predicted molar refractivity (Wildman–Crippen MR) is 118 cm³/mol. The summed E-state index contributed by atoms with van der Waals surface area (Å²) in [6.45, 7) is 0. The summed E-state index contributed by atoms with van der Waals surface area (Å²) in [7, 11) is 0. The Morgan fingerprint density at radius 2 is 1.94 bits per heavy atom. The van der Waals surface area contributed by atoms with Crippen molar-refractivity contribution in [3.05, 3.63) is 88.2 Å². The fourth-order valence-corrected chi connectivity index (χ4v) is 4.31. The van der Waals surface area contributed by atoms with E-state index in [1.165, 1.54) is 54.6 Å². The Morgan fingerprint density at radius 3 is 2.64 bits per heavy atom. The van der Waals surface area contributed by atoms with Crippen LogP contribution in [0.4, 0.5) is 23.2 Å². The number of alkyl halides is 4. The zero-order valence-electron chi connectivity index (χ0n) is 16.8. The minimum absolute atomic E-state index is 0.0245. The zero-order chi connectivity index (χ0) is 23.8. The molecule has 0 aromatic heterocycles. The number of hydrogen-bond donors (Lipinski definition) is 1. The van der Waals surface area contributed by atoms with Gasteiger partial charge in [0.2, 0.25) is 0 Å². The van der Waals surface area contributed by atoms with Crippen LogP contribution in [-0.4, -0.2) is 28.8 Å². The first-order valence-corrected chi connectivity index (χ1v) is 10.6. The molecule has 0 saturated heterocycles. The number of rotatable bonds is 4. The van der Waals surface area contributed by atoms with E-state index >= 15 is 0 Å². The first-order chi connectivity index (χ1) is 15.6. The second kappa shape index (κ2) is 8.83. The van der Waals surface area contributed by atoms with Gasteiger partial charge in [-0.15, -0.1) is 11.6 Å². The van der Waals surface area contributed by atoms with Crippen molar-refractivity contribution in [3.8, 4) is 0 Å². The molecule has 1 aliphatic carbocycles. The lowest BCUT2D eigenvalue weighted by Gasteiger charge is -2.32. The number of carbonyl (C=O) groups excluding carboxylic acids is 1. The van der Waals surface area contributed by atoms with Gasteiger partial charge in [0.25, 0.3) is 11.5 Å². The molecule has 4 nitrogen and oxygen atoms in total. The lowest BCUT2D eigenvalue weighted by Crippen LogP contribution is -2.47. The monoisotopic (exact) mass is 498 g/mol. The highest BCUT2D eigenvalue weighted by atomic mass is 35.5. The fourth-order valence-electron chi connectivity index (χ4n) is 3.65. The lowest BCUT2D eigenvalue weighted by molar-refractivity contribution is -0.252. The van der Waals surface area contributed by atoms with Crippen molar-refractivity contribution in [1.29, 1.82) is 0 Å². The predicted octanol–water partition coefficient (Wildman–Crippen LogP) is 6.56. The van der Waals surface area contributed by atoms with Gasteiger partial charge in [-0.1, -0.05) is 47.1 Å². The summed E-state index contributed by atoms with van der Waals surface area (Å²) < 4.78 is 56.4. The maximum atomic E-state index is 14.2. The Bertz CT molecular complexity index is 1190. The smallest absolute Gasteiger partial charge is 0.374 e. The number of amides is 1. The van der Waals surface area contributed by atoms with Crippen LogP contribution >= 0.6 is 23.2 Å². The highest BCUT2D eigenvalue weighted by Gasteiger charge is 2.63. The minimum atomic E-state index is -4.80. The number of oxime groups is 1. The molecule has 2 aromatic carbocycles. The van der Waals surface area contributed by atoms with E-state index in [9.17, 15) is 22.4 Å². The number of nitrogens with zero attached hydrogens (tertiary/aromatic N) is 1. The molecule has 2 unspecified atom stereocenters. The number of hydrogen-bond acceptors (Lipinski definition) is 3. The SMILES string of the molecule is O=C(Nc1cccc(C2=NOC(C3=CC(Cl)CC(Cl)=C3)(C(F)(F)F)C2)c1)c1ccccc1F. The van der Waals surface area contributed by atoms with Gasteiger partial charge in [0.1, 0.15) is 5.82 Å². The highest BCUT2D eigenvalue weighted by Crippen LogP contribution is 2.48. The topological polar surface area (TPSA) is 50.7 Å². The van der Waals surface area contributed by atoms with Gasteiger partial charge in [0, 0.05) is 34.7 Å². The van der Waals surface area contributed by atoms with E-state index in [-0.39, 0.29) is 34.0 Å². The molecule has 2 aromatic rings. The maximum absolute atomic E-state index is 14.2. The molecule has 2 atom stereocenters. The van der Waals surface area contributed by atoms with E-state index in [0.29, 0.717) is 5.56 Å². The normalized spacial score (nSPS) is 22.7. The molecule has 1 aliphatic heterocycles. The average Bonchev–Trinajstić information content (AvgIpc) is 3.21. The standard InChI is InChI=1S/C23H16Cl2F4N2O2/c24-15-9-14(10-16(25)11-15)22(23(27,28)29)12-20(31-33-22)13-4-3-5-17(8-13)30-21(32)18-6-1-2-7-19(18)26/h1-10,15H,11-12H2,(H,30,32). The lowest BCUT2D eigenvalue weighted by atomic mass is 9.83. The quantitative estimate of drug-likeness (QED) is 0.383. The van der Waals surface area contributed by atoms with Crippen LogP contribution in [0.2, 0.25) is 0 Å². The first kappa shape index (κ1) is 23.3. The number of anilines is 1. The number of nitrogens with one attached hydrogen (secondary N) is 1. The van der Waals surface area contributed by atoms with Crippen LogP contribution in [-0.2, 0) is 4.84 Å². The Balaban J connectivity index is 1.60. The molecule has 0 fully saturated rings. The van der Waals surface area contributed by atoms with Gasteiger partial charge in [0.15, 0.2) is 0 Å². The summed E-state index contributed by atoms with van der Waals surface area (Å²) in [5, 5.41) is 5.73. The molecule has 0 bridgehead atoms. The molecule has 0 saturated carbocycles. The highest BCUT2D eigenvalue weighted by molar-refractivity contribution is 6.31. The summed E-state index contributed by atoms with van der Waals surface area (Å²) in [6, 6.07) is 11.5. The second-order valence-electron chi connectivity index (χ2n) is 7.58. The Kier molecular flexibility index (Phi) is 6.24. The van der Waals surface area contributed by atoms with Gasteiger partial charge < -0.3 is 10.2 Å². The molecule has 1 amide bonds. The van der Waals surface area contributed by atoms with Crippen LogP contribution < -0.4 is 5.32 Å². The van der Waals surface area contributed by atoms with Crippen LogP contribution in [0, 0.1) is 5.82 Å². The van der Waals surface area contributed by atoms with Crippen LogP contribution in [0.1, 0.15) is 28.8 Å². The van der Waals surface area contributed by atoms with Crippen molar-refractivity contribution in [2.45, 2.75) is 30.0 Å². The largest absolute Gasteiger partial charge is 0.435 e. The zero-order valence-corrected chi connectivity index (χ0v) is 18.3. The van der Waals surface area contributed by atoms with Gasteiger partial charge in [-0.2, -0.15) is 13.2 Å². The Morgan fingerprint density at radius 1 is 1.18 bits per heavy atom. The first-order valence-electron chi connectivity index (χ1n) is 9.79. The number of halogens is 6. The van der Waals surface area contributed by atoms with Crippen molar-refractivity contribution in [2.24, 2.45) is 5.16 Å².